The molecule has 1 saturated heterocycles. The monoisotopic (exact) mass is 529 g/mol. The minimum absolute atomic E-state index is 0. The van der Waals surface area contributed by atoms with Crippen LogP contribution in [0.15, 0.2) is 53.7 Å². The fourth-order valence-electron chi connectivity index (χ4n) is 3.06. The van der Waals surface area contributed by atoms with Crippen molar-refractivity contribution in [3.8, 4) is 11.8 Å². The third-order valence-electron chi connectivity index (χ3n) is 4.52. The summed E-state index contributed by atoms with van der Waals surface area (Å²) in [4.78, 5) is 13.0. The van der Waals surface area contributed by atoms with Crippen molar-refractivity contribution in [2.75, 3.05) is 44.7 Å². The van der Waals surface area contributed by atoms with E-state index in [0.29, 0.717) is 12.1 Å². The number of halogens is 4. The lowest BCUT2D eigenvalue weighted by atomic mass is 10.1. The molecule has 0 spiro atoms. The number of rotatable bonds is 2. The van der Waals surface area contributed by atoms with Crippen molar-refractivity contribution in [3.05, 3.63) is 59.8 Å². The summed E-state index contributed by atoms with van der Waals surface area (Å²) in [7, 11) is 1.70. The molecule has 1 aliphatic rings. The lowest BCUT2D eigenvalue weighted by Crippen LogP contribution is -2.52. The van der Waals surface area contributed by atoms with Crippen molar-refractivity contribution in [2.45, 2.75) is 6.18 Å². The molecule has 30 heavy (non-hydrogen) atoms. The fraction of sp³-hybridized carbons (Fsp3) is 0.333. The van der Waals surface area contributed by atoms with Gasteiger partial charge in [-0.3, -0.25) is 4.99 Å². The number of alkyl halides is 3. The van der Waals surface area contributed by atoms with Crippen LogP contribution in [0.5, 0.6) is 0 Å². The second-order valence-corrected chi connectivity index (χ2v) is 6.44. The molecule has 1 fully saturated rings. The molecule has 3 rings (SSSR count). The van der Waals surface area contributed by atoms with Crippen LogP contribution in [-0.2, 0) is 6.18 Å². The molecular weight excluding hydrogens is 506 g/mol. The smallest absolute Gasteiger partial charge is 0.353 e. The van der Waals surface area contributed by atoms with Crippen LogP contribution < -0.4 is 10.2 Å². The van der Waals surface area contributed by atoms with Crippen molar-refractivity contribution in [3.63, 3.8) is 0 Å². The number of pyridine rings is 1. The van der Waals surface area contributed by atoms with Gasteiger partial charge < -0.3 is 15.1 Å². The van der Waals surface area contributed by atoms with Gasteiger partial charge >= 0.3 is 6.18 Å². The third-order valence-corrected chi connectivity index (χ3v) is 4.52. The predicted molar refractivity (Wildman–Crippen MR) is 123 cm³/mol. The fourth-order valence-corrected chi connectivity index (χ4v) is 3.06. The molecule has 1 aliphatic heterocycles. The van der Waals surface area contributed by atoms with Gasteiger partial charge in [-0.25, -0.2) is 4.98 Å². The Kier molecular flexibility index (Phi) is 8.77. The Morgan fingerprint density at radius 3 is 2.53 bits per heavy atom. The quantitative estimate of drug-likeness (QED) is 0.280. The Balaban J connectivity index is 0.00000320. The van der Waals surface area contributed by atoms with Crippen LogP contribution >= 0.6 is 24.0 Å². The summed E-state index contributed by atoms with van der Waals surface area (Å²) in [6, 6.07) is 10.9. The molecule has 9 heteroatoms. The first-order chi connectivity index (χ1) is 14.0. The maximum absolute atomic E-state index is 12.8. The Morgan fingerprint density at radius 2 is 1.90 bits per heavy atom. The molecular formula is C21H23F3IN5. The van der Waals surface area contributed by atoms with Gasteiger partial charge in [-0.2, -0.15) is 13.2 Å². The SMILES string of the molecule is CN=C(NCC#Cc1cccc(C(F)(F)F)c1)N1CCN(c2ccccn2)CC1.I. The van der Waals surface area contributed by atoms with Crippen LogP contribution in [0.2, 0.25) is 0 Å². The van der Waals surface area contributed by atoms with Gasteiger partial charge in [-0.1, -0.05) is 24.0 Å². The molecule has 2 heterocycles. The molecule has 0 unspecified atom stereocenters. The number of guanidine groups is 1. The molecule has 0 atom stereocenters. The van der Waals surface area contributed by atoms with E-state index in [4.69, 9.17) is 0 Å². The maximum atomic E-state index is 12.8. The number of piperazine rings is 1. The Morgan fingerprint density at radius 1 is 1.13 bits per heavy atom. The number of anilines is 1. The first-order valence-electron chi connectivity index (χ1n) is 9.25. The van der Waals surface area contributed by atoms with Gasteiger partial charge in [0.15, 0.2) is 5.96 Å². The molecule has 0 bridgehead atoms. The first kappa shape index (κ1) is 23.8. The molecule has 0 amide bonds. The number of nitrogens with one attached hydrogen (secondary N) is 1. The topological polar surface area (TPSA) is 43.8 Å². The maximum Gasteiger partial charge on any atom is 0.416 e. The average molecular weight is 529 g/mol. The van der Waals surface area contributed by atoms with E-state index < -0.39 is 11.7 Å². The predicted octanol–water partition coefficient (Wildman–Crippen LogP) is 3.47. The van der Waals surface area contributed by atoms with Crippen molar-refractivity contribution < 1.29 is 13.2 Å². The molecule has 1 aromatic carbocycles. The number of hydrogen-bond donors (Lipinski definition) is 1. The zero-order valence-electron chi connectivity index (χ0n) is 16.5. The van der Waals surface area contributed by atoms with E-state index in [1.807, 2.05) is 18.2 Å². The largest absolute Gasteiger partial charge is 0.416 e. The highest BCUT2D eigenvalue weighted by molar-refractivity contribution is 14.0. The number of aliphatic imine (C=N–C) groups is 1. The number of aromatic nitrogens is 1. The third kappa shape index (κ3) is 6.52. The van der Waals surface area contributed by atoms with Crippen LogP contribution in [0.1, 0.15) is 11.1 Å². The van der Waals surface area contributed by atoms with Crippen molar-refractivity contribution in [1.82, 2.24) is 15.2 Å². The zero-order valence-corrected chi connectivity index (χ0v) is 18.8. The highest BCUT2D eigenvalue weighted by atomic mass is 127. The molecule has 0 radical (unpaired) electrons. The van der Waals surface area contributed by atoms with E-state index in [1.165, 1.54) is 6.07 Å². The van der Waals surface area contributed by atoms with Gasteiger partial charge in [0.1, 0.15) is 5.82 Å². The van der Waals surface area contributed by atoms with E-state index in [0.717, 1.165) is 50.1 Å². The summed E-state index contributed by atoms with van der Waals surface area (Å²) in [5.74, 6) is 7.31. The first-order valence-corrected chi connectivity index (χ1v) is 9.25. The van der Waals surface area contributed by atoms with Gasteiger partial charge in [-0.15, -0.1) is 24.0 Å². The van der Waals surface area contributed by atoms with Gasteiger partial charge in [0, 0.05) is 45.0 Å². The molecule has 0 aliphatic carbocycles. The molecule has 1 aromatic heterocycles. The van der Waals surface area contributed by atoms with Gasteiger partial charge in [0.25, 0.3) is 0 Å². The van der Waals surface area contributed by atoms with E-state index in [-0.39, 0.29) is 24.0 Å². The van der Waals surface area contributed by atoms with E-state index >= 15 is 0 Å². The highest BCUT2D eigenvalue weighted by Gasteiger charge is 2.30. The van der Waals surface area contributed by atoms with Crippen molar-refractivity contribution >= 4 is 35.8 Å². The molecule has 1 N–H and O–H groups in total. The van der Waals surface area contributed by atoms with Gasteiger partial charge in [0.05, 0.1) is 12.1 Å². The second kappa shape index (κ2) is 11.1. The Labute approximate surface area is 191 Å². The molecule has 2 aromatic rings. The number of hydrogen-bond acceptors (Lipinski definition) is 3. The van der Waals surface area contributed by atoms with E-state index in [1.54, 1.807) is 19.3 Å². The van der Waals surface area contributed by atoms with Crippen molar-refractivity contribution in [2.24, 2.45) is 4.99 Å². The Hall–Kier alpha value is -2.48. The minimum atomic E-state index is -4.37. The highest BCUT2D eigenvalue weighted by Crippen LogP contribution is 2.29. The summed E-state index contributed by atoms with van der Waals surface area (Å²) in [6.07, 6.45) is -2.58. The average Bonchev–Trinajstić information content (AvgIpc) is 2.74. The molecule has 0 saturated carbocycles. The summed E-state index contributed by atoms with van der Waals surface area (Å²) < 4.78 is 38.3. The van der Waals surface area contributed by atoms with E-state index in [9.17, 15) is 13.2 Å². The summed E-state index contributed by atoms with van der Waals surface area (Å²) in [5.41, 5.74) is -0.362. The van der Waals surface area contributed by atoms with Crippen LogP contribution in [0.25, 0.3) is 0 Å². The zero-order chi connectivity index (χ0) is 20.7. The summed E-state index contributed by atoms with van der Waals surface area (Å²) >= 11 is 0. The van der Waals surface area contributed by atoms with Crippen LogP contribution in [0.4, 0.5) is 19.0 Å². The summed E-state index contributed by atoms with van der Waals surface area (Å²) in [6.45, 7) is 3.53. The minimum Gasteiger partial charge on any atom is -0.353 e. The second-order valence-electron chi connectivity index (χ2n) is 6.44. The normalized spacial score (nSPS) is 14.5. The van der Waals surface area contributed by atoms with Crippen LogP contribution in [0, 0.1) is 11.8 Å². The molecule has 160 valence electrons. The standard InChI is InChI=1S/C21H22F3N5.HI/c1-25-20(29-14-12-28(13-15-29)19-9-2-3-10-26-19)27-11-5-7-17-6-4-8-18(16-17)21(22,23)24;/h2-4,6,8-10,16H,11-15H2,1H3,(H,25,27);1H. The lowest BCUT2D eigenvalue weighted by molar-refractivity contribution is -0.137. The van der Waals surface area contributed by atoms with Crippen LogP contribution in [0.3, 0.4) is 0 Å². The summed E-state index contributed by atoms with van der Waals surface area (Å²) in [5, 5.41) is 3.15. The number of nitrogens with zero attached hydrogens (tertiary/aromatic N) is 4. The van der Waals surface area contributed by atoms with Crippen molar-refractivity contribution in [1.29, 1.82) is 0 Å². The van der Waals surface area contributed by atoms with Crippen LogP contribution in [-0.4, -0.2) is 55.6 Å². The lowest BCUT2D eigenvalue weighted by Gasteiger charge is -2.36. The van der Waals surface area contributed by atoms with Gasteiger partial charge in [0.2, 0.25) is 0 Å². The van der Waals surface area contributed by atoms with Gasteiger partial charge in [-0.05, 0) is 30.3 Å². The van der Waals surface area contributed by atoms with E-state index in [2.05, 4.69) is 36.9 Å². The Bertz CT molecular complexity index is 898. The number of benzene rings is 1. The molecule has 5 nitrogen and oxygen atoms in total.